The van der Waals surface area contributed by atoms with Gasteiger partial charge in [-0.25, -0.2) is 8.42 Å². The molecule has 0 aliphatic heterocycles. The van der Waals surface area contributed by atoms with E-state index in [1.54, 1.807) is 12.1 Å². The highest BCUT2D eigenvalue weighted by molar-refractivity contribution is 7.88. The van der Waals surface area contributed by atoms with E-state index < -0.39 is 10.0 Å². The van der Waals surface area contributed by atoms with Gasteiger partial charge < -0.3 is 5.32 Å². The Labute approximate surface area is 160 Å². The molecule has 1 amide bonds. The summed E-state index contributed by atoms with van der Waals surface area (Å²) in [5.74, 6) is -0.331. The van der Waals surface area contributed by atoms with Crippen molar-refractivity contribution in [1.82, 2.24) is 9.62 Å². The predicted octanol–water partition coefficient (Wildman–Crippen LogP) is 3.02. The Balaban J connectivity index is 1.96. The molecule has 1 unspecified atom stereocenters. The number of benzene rings is 2. The van der Waals surface area contributed by atoms with E-state index in [0.29, 0.717) is 11.4 Å². The number of nitrogens with zero attached hydrogens (tertiary/aromatic N) is 1. The van der Waals surface area contributed by atoms with E-state index >= 15 is 0 Å². The maximum atomic E-state index is 12.3. The monoisotopic (exact) mass is 394 g/mol. The molecule has 2 aromatic rings. The van der Waals surface area contributed by atoms with Crippen LogP contribution in [0.15, 0.2) is 54.6 Å². The molecule has 2 aromatic carbocycles. The predicted molar refractivity (Wildman–Crippen MR) is 105 cm³/mol. The SMILES string of the molecule is CC(NC(=O)CN(CCc1ccc(Cl)cc1)S(C)(=O)=O)c1ccccc1. The summed E-state index contributed by atoms with van der Waals surface area (Å²) < 4.78 is 25.2. The highest BCUT2D eigenvalue weighted by Gasteiger charge is 2.21. The lowest BCUT2D eigenvalue weighted by molar-refractivity contribution is -0.121. The van der Waals surface area contributed by atoms with Crippen LogP contribution in [0.3, 0.4) is 0 Å². The topological polar surface area (TPSA) is 66.5 Å². The first-order chi connectivity index (χ1) is 12.3. The summed E-state index contributed by atoms with van der Waals surface area (Å²) in [5.41, 5.74) is 1.93. The fraction of sp³-hybridized carbons (Fsp3) is 0.316. The summed E-state index contributed by atoms with van der Waals surface area (Å²) in [4.78, 5) is 12.3. The Morgan fingerprint density at radius 2 is 1.73 bits per heavy atom. The molecule has 0 radical (unpaired) electrons. The van der Waals surface area contributed by atoms with Gasteiger partial charge >= 0.3 is 0 Å². The summed E-state index contributed by atoms with van der Waals surface area (Å²) in [6, 6.07) is 16.5. The van der Waals surface area contributed by atoms with Crippen LogP contribution in [0.5, 0.6) is 0 Å². The molecule has 5 nitrogen and oxygen atoms in total. The molecule has 0 saturated heterocycles. The average molecular weight is 395 g/mol. The Morgan fingerprint density at radius 1 is 1.12 bits per heavy atom. The van der Waals surface area contributed by atoms with Gasteiger partial charge in [-0.05, 0) is 36.6 Å². The van der Waals surface area contributed by atoms with E-state index in [9.17, 15) is 13.2 Å². The fourth-order valence-electron chi connectivity index (χ4n) is 2.54. The van der Waals surface area contributed by atoms with Crippen LogP contribution in [0, 0.1) is 0 Å². The quantitative estimate of drug-likeness (QED) is 0.748. The van der Waals surface area contributed by atoms with Crippen molar-refractivity contribution in [3.8, 4) is 0 Å². The minimum atomic E-state index is -3.49. The number of carbonyl (C=O) groups is 1. The van der Waals surface area contributed by atoms with Crippen LogP contribution in [0.2, 0.25) is 5.02 Å². The number of nitrogens with one attached hydrogen (secondary N) is 1. The molecule has 0 aromatic heterocycles. The summed E-state index contributed by atoms with van der Waals surface area (Å²) >= 11 is 5.86. The summed E-state index contributed by atoms with van der Waals surface area (Å²) in [7, 11) is -3.49. The smallest absolute Gasteiger partial charge is 0.235 e. The lowest BCUT2D eigenvalue weighted by Gasteiger charge is -2.21. The first-order valence-corrected chi connectivity index (χ1v) is 10.5. The Hall–Kier alpha value is -1.89. The van der Waals surface area contributed by atoms with Gasteiger partial charge in [-0.15, -0.1) is 0 Å². The first-order valence-electron chi connectivity index (χ1n) is 8.29. The molecule has 7 heteroatoms. The molecule has 0 heterocycles. The molecule has 1 atom stereocenters. The van der Waals surface area contributed by atoms with Gasteiger partial charge in [-0.1, -0.05) is 54.1 Å². The van der Waals surface area contributed by atoms with Gasteiger partial charge in [0.2, 0.25) is 15.9 Å². The number of halogens is 1. The molecule has 0 aliphatic carbocycles. The highest BCUT2D eigenvalue weighted by atomic mass is 35.5. The maximum absolute atomic E-state index is 12.3. The van der Waals surface area contributed by atoms with E-state index in [4.69, 9.17) is 11.6 Å². The minimum Gasteiger partial charge on any atom is -0.348 e. The van der Waals surface area contributed by atoms with Crippen molar-refractivity contribution >= 4 is 27.5 Å². The molecular weight excluding hydrogens is 372 g/mol. The van der Waals surface area contributed by atoms with Crippen LogP contribution in [0.1, 0.15) is 24.1 Å². The largest absolute Gasteiger partial charge is 0.348 e. The zero-order valence-corrected chi connectivity index (χ0v) is 16.4. The molecule has 1 N–H and O–H groups in total. The van der Waals surface area contributed by atoms with Gasteiger partial charge in [0.1, 0.15) is 0 Å². The number of hydrogen-bond acceptors (Lipinski definition) is 3. The summed E-state index contributed by atoms with van der Waals surface area (Å²) in [5, 5.41) is 3.47. The van der Waals surface area contributed by atoms with E-state index in [2.05, 4.69) is 5.32 Å². The van der Waals surface area contributed by atoms with Gasteiger partial charge in [0.25, 0.3) is 0 Å². The molecule has 0 spiro atoms. The van der Waals surface area contributed by atoms with Crippen LogP contribution in [0.4, 0.5) is 0 Å². The van der Waals surface area contributed by atoms with Crippen molar-refractivity contribution < 1.29 is 13.2 Å². The van der Waals surface area contributed by atoms with Crippen molar-refractivity contribution in [2.75, 3.05) is 19.3 Å². The molecule has 0 bridgehead atoms. The number of rotatable bonds is 8. The number of amides is 1. The van der Waals surface area contributed by atoms with Crippen molar-refractivity contribution in [3.05, 3.63) is 70.7 Å². The van der Waals surface area contributed by atoms with Crippen molar-refractivity contribution in [2.24, 2.45) is 0 Å². The van der Waals surface area contributed by atoms with Gasteiger partial charge in [0, 0.05) is 11.6 Å². The van der Waals surface area contributed by atoms with E-state index in [1.165, 1.54) is 4.31 Å². The number of hydrogen-bond donors (Lipinski definition) is 1. The molecule has 0 saturated carbocycles. The lowest BCUT2D eigenvalue weighted by atomic mass is 10.1. The molecule has 140 valence electrons. The second-order valence-corrected chi connectivity index (χ2v) is 8.59. The zero-order valence-electron chi connectivity index (χ0n) is 14.9. The Bertz CT molecular complexity index is 824. The lowest BCUT2D eigenvalue weighted by Crippen LogP contribution is -2.41. The van der Waals surface area contributed by atoms with Gasteiger partial charge in [0.05, 0.1) is 18.8 Å². The fourth-order valence-corrected chi connectivity index (χ4v) is 3.44. The van der Waals surface area contributed by atoms with Crippen molar-refractivity contribution in [2.45, 2.75) is 19.4 Å². The zero-order chi connectivity index (χ0) is 19.2. The third kappa shape index (κ3) is 6.44. The molecule has 2 rings (SSSR count). The van der Waals surface area contributed by atoms with Crippen LogP contribution >= 0.6 is 11.6 Å². The second kappa shape index (κ2) is 9.16. The standard InChI is InChI=1S/C19H23ClN2O3S/c1-15(17-6-4-3-5-7-17)21-19(23)14-22(26(2,24)25)13-12-16-8-10-18(20)11-9-16/h3-11,15H,12-14H2,1-2H3,(H,21,23). The second-order valence-electron chi connectivity index (χ2n) is 6.17. The van der Waals surface area contributed by atoms with Crippen LogP contribution < -0.4 is 5.32 Å². The molecule has 0 aliphatic rings. The highest BCUT2D eigenvalue weighted by Crippen LogP contribution is 2.13. The molecule has 26 heavy (non-hydrogen) atoms. The summed E-state index contributed by atoms with van der Waals surface area (Å²) in [6.07, 6.45) is 1.62. The van der Waals surface area contributed by atoms with Crippen molar-refractivity contribution in [1.29, 1.82) is 0 Å². The first kappa shape index (κ1) is 20.4. The van der Waals surface area contributed by atoms with E-state index in [-0.39, 0.29) is 25.0 Å². The van der Waals surface area contributed by atoms with Gasteiger partial charge in [-0.3, -0.25) is 4.79 Å². The minimum absolute atomic E-state index is 0.193. The normalized spacial score (nSPS) is 12.8. The third-order valence-electron chi connectivity index (χ3n) is 4.03. The van der Waals surface area contributed by atoms with Gasteiger partial charge in [-0.2, -0.15) is 4.31 Å². The number of sulfonamides is 1. The Morgan fingerprint density at radius 3 is 2.31 bits per heavy atom. The van der Waals surface area contributed by atoms with E-state index in [0.717, 1.165) is 17.4 Å². The molecule has 0 fully saturated rings. The van der Waals surface area contributed by atoms with Gasteiger partial charge in [0.15, 0.2) is 0 Å². The Kier molecular flexibility index (Phi) is 7.20. The van der Waals surface area contributed by atoms with Crippen LogP contribution in [-0.4, -0.2) is 38.0 Å². The van der Waals surface area contributed by atoms with E-state index in [1.807, 2.05) is 49.4 Å². The maximum Gasteiger partial charge on any atom is 0.235 e. The van der Waals surface area contributed by atoms with Crippen LogP contribution in [0.25, 0.3) is 0 Å². The average Bonchev–Trinajstić information content (AvgIpc) is 2.59. The number of carbonyl (C=O) groups excluding carboxylic acids is 1. The third-order valence-corrected chi connectivity index (χ3v) is 5.53. The summed E-state index contributed by atoms with van der Waals surface area (Å²) in [6.45, 7) is 1.89. The van der Waals surface area contributed by atoms with Crippen LogP contribution in [-0.2, 0) is 21.2 Å². The molecular formula is C19H23ClN2O3S. The van der Waals surface area contributed by atoms with Crippen molar-refractivity contribution in [3.63, 3.8) is 0 Å².